The zero-order valence-corrected chi connectivity index (χ0v) is 15.8. The fraction of sp³-hybridized carbons (Fsp3) is 0.600. The Balaban J connectivity index is 2.26. The maximum Gasteiger partial charge on any atom is 0.247 e. The van der Waals surface area contributed by atoms with E-state index in [9.17, 15) is 31.1 Å². The van der Waals surface area contributed by atoms with Crippen LogP contribution in [-0.4, -0.2) is 56.7 Å². The molecule has 1 saturated heterocycles. The average molecular weight is 416 g/mol. The summed E-state index contributed by atoms with van der Waals surface area (Å²) >= 11 is 0. The summed E-state index contributed by atoms with van der Waals surface area (Å²) in [5.41, 5.74) is -0.658. The van der Waals surface area contributed by atoms with Crippen molar-refractivity contribution in [2.24, 2.45) is 0 Å². The molecule has 1 fully saturated rings. The van der Waals surface area contributed by atoms with Crippen LogP contribution < -0.4 is 9.46 Å². The Morgan fingerprint density at radius 2 is 1.63 bits per heavy atom. The molecule has 27 heavy (non-hydrogen) atoms. The largest absolute Gasteiger partial charge is 0.483 e. The molecular formula is C15H20F4N2O5S. The van der Waals surface area contributed by atoms with Crippen LogP contribution >= 0.6 is 0 Å². The first-order valence-corrected chi connectivity index (χ1v) is 9.33. The number of halogens is 4. The van der Waals surface area contributed by atoms with Crippen molar-refractivity contribution in [3.05, 3.63) is 23.3 Å². The predicted molar refractivity (Wildman–Crippen MR) is 85.4 cm³/mol. The summed E-state index contributed by atoms with van der Waals surface area (Å²) in [7, 11) is -3.80. The van der Waals surface area contributed by atoms with E-state index in [-0.39, 0.29) is 13.1 Å². The number of benzene rings is 1. The molecule has 0 aliphatic carbocycles. The highest BCUT2D eigenvalue weighted by Crippen LogP contribution is 2.35. The van der Waals surface area contributed by atoms with Crippen LogP contribution in [0.1, 0.15) is 20.8 Å². The number of nitrogens with zero attached hydrogens (tertiary/aromatic N) is 1. The number of nitrogens with one attached hydrogen (secondary N) is 1. The highest BCUT2D eigenvalue weighted by molar-refractivity contribution is 7.89. The fourth-order valence-electron chi connectivity index (χ4n) is 2.32. The maximum atomic E-state index is 14.1. The molecule has 0 spiro atoms. The van der Waals surface area contributed by atoms with Gasteiger partial charge in [0.1, 0.15) is 6.10 Å². The molecule has 0 radical (unpaired) electrons. The van der Waals surface area contributed by atoms with Gasteiger partial charge in [0.15, 0.2) is 22.3 Å². The molecule has 1 atom stereocenters. The third-order valence-electron chi connectivity index (χ3n) is 3.65. The SMILES string of the molecule is CNS(=O)(=O)c1c(F)c(F)c(F)c(F)c1OC1CN(C(O)OC(C)(C)C)C1. The number of aliphatic hydroxyl groups is 1. The lowest BCUT2D eigenvalue weighted by Crippen LogP contribution is -2.59. The van der Waals surface area contributed by atoms with Gasteiger partial charge in [-0.15, -0.1) is 0 Å². The lowest BCUT2D eigenvalue weighted by Gasteiger charge is -2.42. The molecule has 2 N–H and O–H groups in total. The number of aliphatic hydroxyl groups excluding tert-OH is 1. The van der Waals surface area contributed by atoms with Gasteiger partial charge < -0.3 is 14.6 Å². The molecule has 1 aliphatic heterocycles. The van der Waals surface area contributed by atoms with E-state index in [1.54, 1.807) is 25.5 Å². The van der Waals surface area contributed by atoms with Crippen LogP contribution in [-0.2, 0) is 14.8 Å². The third-order valence-corrected chi connectivity index (χ3v) is 5.09. The third kappa shape index (κ3) is 4.51. The Labute approximate surface area is 153 Å². The summed E-state index contributed by atoms with van der Waals surface area (Å²) in [4.78, 5) is -0.109. The molecule has 2 rings (SSSR count). The first kappa shape index (κ1) is 21.8. The Morgan fingerprint density at radius 1 is 1.11 bits per heavy atom. The molecule has 1 unspecified atom stereocenters. The second kappa shape index (κ2) is 7.51. The number of rotatable bonds is 6. The zero-order valence-electron chi connectivity index (χ0n) is 15.0. The van der Waals surface area contributed by atoms with E-state index >= 15 is 0 Å². The van der Waals surface area contributed by atoms with Gasteiger partial charge in [0, 0.05) is 13.1 Å². The van der Waals surface area contributed by atoms with Gasteiger partial charge in [-0.1, -0.05) is 0 Å². The molecule has 1 heterocycles. The molecule has 0 aromatic heterocycles. The maximum absolute atomic E-state index is 14.1. The molecule has 1 aromatic carbocycles. The van der Waals surface area contributed by atoms with E-state index in [0.29, 0.717) is 0 Å². The van der Waals surface area contributed by atoms with Crippen molar-refractivity contribution in [1.29, 1.82) is 0 Å². The zero-order chi connectivity index (χ0) is 20.7. The minimum absolute atomic E-state index is 0.0453. The smallest absolute Gasteiger partial charge is 0.247 e. The van der Waals surface area contributed by atoms with Crippen LogP contribution in [0.4, 0.5) is 17.6 Å². The molecule has 12 heteroatoms. The predicted octanol–water partition coefficient (Wildman–Crippen LogP) is 1.31. The monoisotopic (exact) mass is 416 g/mol. The van der Waals surface area contributed by atoms with Crippen LogP contribution in [0.5, 0.6) is 5.75 Å². The van der Waals surface area contributed by atoms with Crippen molar-refractivity contribution in [2.75, 3.05) is 20.1 Å². The lowest BCUT2D eigenvalue weighted by atomic mass is 10.1. The van der Waals surface area contributed by atoms with Crippen LogP contribution in [0.3, 0.4) is 0 Å². The Morgan fingerprint density at radius 3 is 2.11 bits per heavy atom. The van der Waals surface area contributed by atoms with Crippen LogP contribution in [0, 0.1) is 23.3 Å². The topological polar surface area (TPSA) is 88.1 Å². The molecule has 0 amide bonds. The van der Waals surface area contributed by atoms with E-state index in [0.717, 1.165) is 7.05 Å². The highest BCUT2D eigenvalue weighted by Gasteiger charge is 2.39. The summed E-state index contributed by atoms with van der Waals surface area (Å²) in [5.74, 6) is -9.78. The number of sulfonamides is 1. The summed E-state index contributed by atoms with van der Waals surface area (Å²) in [5, 5.41) is 9.89. The quantitative estimate of drug-likeness (QED) is 0.315. The second-order valence-electron chi connectivity index (χ2n) is 6.87. The normalized spacial score (nSPS) is 17.7. The van der Waals surface area contributed by atoms with Gasteiger partial charge in [-0.3, -0.25) is 0 Å². The molecule has 154 valence electrons. The number of ether oxygens (including phenoxy) is 2. The lowest BCUT2D eigenvalue weighted by molar-refractivity contribution is -0.265. The first-order valence-electron chi connectivity index (χ1n) is 7.84. The molecule has 1 aromatic rings. The van der Waals surface area contributed by atoms with E-state index in [1.165, 1.54) is 4.90 Å². The highest BCUT2D eigenvalue weighted by atomic mass is 32.2. The van der Waals surface area contributed by atoms with Crippen molar-refractivity contribution in [1.82, 2.24) is 9.62 Å². The fourth-order valence-corrected chi connectivity index (χ4v) is 3.23. The summed E-state index contributed by atoms with van der Waals surface area (Å²) < 4.78 is 91.0. The van der Waals surface area contributed by atoms with Gasteiger partial charge in [0.05, 0.1) is 5.60 Å². The first-order chi connectivity index (χ1) is 12.3. The van der Waals surface area contributed by atoms with Crippen LogP contribution in [0.2, 0.25) is 0 Å². The summed E-state index contributed by atoms with van der Waals surface area (Å²) in [6, 6.07) is 0. The minimum atomic E-state index is -4.69. The van der Waals surface area contributed by atoms with E-state index in [2.05, 4.69) is 0 Å². The summed E-state index contributed by atoms with van der Waals surface area (Å²) in [6.45, 7) is 5.03. The molecular weight excluding hydrogens is 396 g/mol. The number of hydrogen-bond donors (Lipinski definition) is 2. The number of hydrogen-bond acceptors (Lipinski definition) is 6. The van der Waals surface area contributed by atoms with Gasteiger partial charge in [-0.05, 0) is 27.8 Å². The van der Waals surface area contributed by atoms with Crippen LogP contribution in [0.15, 0.2) is 4.90 Å². The van der Waals surface area contributed by atoms with E-state index in [1.807, 2.05) is 0 Å². The number of likely N-dealkylation sites (tertiary alicyclic amines) is 1. The minimum Gasteiger partial charge on any atom is -0.483 e. The van der Waals surface area contributed by atoms with E-state index in [4.69, 9.17) is 9.47 Å². The van der Waals surface area contributed by atoms with Crippen molar-refractivity contribution in [3.63, 3.8) is 0 Å². The van der Waals surface area contributed by atoms with Gasteiger partial charge in [0.25, 0.3) is 0 Å². The van der Waals surface area contributed by atoms with Gasteiger partial charge >= 0.3 is 0 Å². The molecule has 0 bridgehead atoms. The van der Waals surface area contributed by atoms with Gasteiger partial charge in [-0.25, -0.2) is 31.2 Å². The van der Waals surface area contributed by atoms with Crippen LogP contribution in [0.25, 0.3) is 0 Å². The Hall–Kier alpha value is -1.47. The molecule has 1 aliphatic rings. The molecule has 0 saturated carbocycles. The Kier molecular flexibility index (Phi) is 6.07. The van der Waals surface area contributed by atoms with Gasteiger partial charge in [0.2, 0.25) is 28.1 Å². The average Bonchev–Trinajstić information content (AvgIpc) is 2.50. The second-order valence-corrected chi connectivity index (χ2v) is 8.70. The van der Waals surface area contributed by atoms with Gasteiger partial charge in [-0.2, -0.15) is 4.39 Å². The van der Waals surface area contributed by atoms with Crippen molar-refractivity contribution < 1.29 is 40.6 Å². The van der Waals surface area contributed by atoms with Crippen molar-refractivity contribution in [3.8, 4) is 5.75 Å². The summed E-state index contributed by atoms with van der Waals surface area (Å²) in [6.07, 6.45) is -2.22. The van der Waals surface area contributed by atoms with Crippen molar-refractivity contribution in [2.45, 2.75) is 43.8 Å². The Bertz CT molecular complexity index is 823. The standard InChI is InChI=1S/C15H20F4N2O5S/c1-15(2,3)26-14(22)21-5-7(6-21)25-12-10(18)8(16)9(17)11(19)13(12)27(23,24)20-4/h7,14,20,22H,5-6H2,1-4H3. The van der Waals surface area contributed by atoms with Crippen molar-refractivity contribution >= 4 is 10.0 Å². The van der Waals surface area contributed by atoms with E-state index < -0.39 is 62.1 Å². The molecule has 7 nitrogen and oxygen atoms in total.